The van der Waals surface area contributed by atoms with Gasteiger partial charge in [0.25, 0.3) is 0 Å². The Balaban J connectivity index is 2.54. The fourth-order valence-electron chi connectivity index (χ4n) is 2.11. The van der Waals surface area contributed by atoms with Crippen LogP contribution in [0.15, 0.2) is 35.5 Å². The van der Waals surface area contributed by atoms with Gasteiger partial charge in [0.15, 0.2) is 0 Å². The number of carbonyl (C=O) groups excluding carboxylic acids is 1. The van der Waals surface area contributed by atoms with Crippen molar-refractivity contribution in [1.82, 2.24) is 10.2 Å². The lowest BCUT2D eigenvalue weighted by molar-refractivity contribution is 0.155. The van der Waals surface area contributed by atoms with E-state index >= 15 is 0 Å². The Morgan fingerprint density at radius 2 is 2.25 bits per heavy atom. The topological polar surface area (TPSA) is 119 Å². The smallest absolute Gasteiger partial charge is 0.419 e. The Morgan fingerprint density at radius 1 is 1.55 bits per heavy atom. The Hall–Kier alpha value is -3.01. The van der Waals surface area contributed by atoms with Crippen molar-refractivity contribution >= 4 is 17.8 Å². The van der Waals surface area contributed by atoms with Crippen LogP contribution in [0.25, 0.3) is 0 Å². The number of amides is 3. The molecular weight excluding hydrogens is 260 g/mol. The second-order valence-corrected chi connectivity index (χ2v) is 4.28. The average Bonchev–Trinajstić information content (AvgIpc) is 2.37. The summed E-state index contributed by atoms with van der Waals surface area (Å²) in [5.41, 5.74) is 7.06. The zero-order chi connectivity index (χ0) is 14.9. The van der Waals surface area contributed by atoms with Gasteiger partial charge in [0.2, 0.25) is 0 Å². The monoisotopic (exact) mass is 272 g/mol. The summed E-state index contributed by atoms with van der Waals surface area (Å²) in [6.45, 7) is 1.42. The van der Waals surface area contributed by atoms with Crippen LogP contribution in [0.3, 0.4) is 0 Å². The van der Waals surface area contributed by atoms with Crippen LogP contribution in [-0.4, -0.2) is 22.1 Å². The van der Waals surface area contributed by atoms with E-state index in [0.29, 0.717) is 16.2 Å². The third kappa shape index (κ3) is 2.14. The number of hydrogen-bond donors (Lipinski definition) is 3. The van der Waals surface area contributed by atoms with E-state index < -0.39 is 18.2 Å². The molecular formula is C13H12N4O3. The van der Waals surface area contributed by atoms with Gasteiger partial charge in [-0.25, -0.2) is 14.5 Å². The first-order valence-electron chi connectivity index (χ1n) is 5.75. The van der Waals surface area contributed by atoms with Crippen molar-refractivity contribution in [2.75, 3.05) is 5.73 Å². The van der Waals surface area contributed by atoms with Crippen LogP contribution in [0, 0.1) is 11.3 Å². The second kappa shape index (κ2) is 4.93. The summed E-state index contributed by atoms with van der Waals surface area (Å²) in [4.78, 5) is 23.4. The van der Waals surface area contributed by atoms with Gasteiger partial charge >= 0.3 is 12.1 Å². The molecule has 0 aromatic heterocycles. The van der Waals surface area contributed by atoms with Crippen molar-refractivity contribution in [1.29, 1.82) is 5.26 Å². The van der Waals surface area contributed by atoms with E-state index in [1.54, 1.807) is 24.3 Å². The number of imide groups is 1. The predicted molar refractivity (Wildman–Crippen MR) is 70.3 cm³/mol. The molecule has 4 N–H and O–H groups in total. The quantitative estimate of drug-likeness (QED) is 0.673. The van der Waals surface area contributed by atoms with Gasteiger partial charge < -0.3 is 16.2 Å². The molecule has 3 amide bonds. The molecule has 1 aliphatic heterocycles. The summed E-state index contributed by atoms with van der Waals surface area (Å²) < 4.78 is 0. The van der Waals surface area contributed by atoms with Gasteiger partial charge in [0, 0.05) is 11.4 Å². The van der Waals surface area contributed by atoms with Crippen molar-refractivity contribution in [3.05, 3.63) is 41.1 Å². The van der Waals surface area contributed by atoms with E-state index in [1.165, 1.54) is 6.92 Å². The van der Waals surface area contributed by atoms with Crippen molar-refractivity contribution in [2.45, 2.75) is 13.0 Å². The Morgan fingerprint density at radius 3 is 2.80 bits per heavy atom. The largest absolute Gasteiger partial charge is 0.464 e. The lowest BCUT2D eigenvalue weighted by atomic mass is 9.96. The zero-order valence-electron chi connectivity index (χ0n) is 10.6. The molecule has 1 atom stereocenters. The number of anilines is 1. The van der Waals surface area contributed by atoms with E-state index in [0.717, 1.165) is 0 Å². The number of benzene rings is 1. The second-order valence-electron chi connectivity index (χ2n) is 4.28. The molecule has 0 saturated carbocycles. The highest BCUT2D eigenvalue weighted by Crippen LogP contribution is 2.30. The first kappa shape index (κ1) is 13.4. The summed E-state index contributed by atoms with van der Waals surface area (Å²) in [5, 5.41) is 20.7. The summed E-state index contributed by atoms with van der Waals surface area (Å²) >= 11 is 0. The minimum Gasteiger partial charge on any atom is -0.464 e. The minimum absolute atomic E-state index is 0.0937. The van der Waals surface area contributed by atoms with Gasteiger partial charge in [0.1, 0.15) is 0 Å². The molecule has 1 aliphatic rings. The number of nitrogens with one attached hydrogen (secondary N) is 1. The number of rotatable bonds is 1. The van der Waals surface area contributed by atoms with Gasteiger partial charge in [0.05, 0.1) is 17.7 Å². The zero-order valence-corrected chi connectivity index (χ0v) is 10.6. The maximum atomic E-state index is 11.8. The normalized spacial score (nSPS) is 18.5. The molecule has 0 spiro atoms. The highest BCUT2D eigenvalue weighted by atomic mass is 16.4. The van der Waals surface area contributed by atoms with Crippen LogP contribution in [0.5, 0.6) is 0 Å². The fraction of sp³-hybridized carbons (Fsp3) is 0.154. The Bertz CT molecular complexity index is 660. The number of urea groups is 1. The number of hydrogen-bond acceptors (Lipinski definition) is 4. The van der Waals surface area contributed by atoms with Crippen molar-refractivity contribution in [3.8, 4) is 6.07 Å². The number of nitrogen functional groups attached to an aromatic ring is 1. The van der Waals surface area contributed by atoms with Gasteiger partial charge in [-0.05, 0) is 24.6 Å². The Labute approximate surface area is 114 Å². The number of nitriles is 1. The molecule has 0 aliphatic carbocycles. The van der Waals surface area contributed by atoms with Gasteiger partial charge in [-0.15, -0.1) is 0 Å². The number of nitrogens with two attached hydrogens (primary N) is 1. The standard InChI is InChI=1S/C13H12N4O3/c1-7-10(6-14)11(8-3-2-4-9(15)5-8)16-12(18)17(7)13(19)20/h2-5,11H,15H2,1H3,(H,16,18)(H,19,20). The highest BCUT2D eigenvalue weighted by molar-refractivity contribution is 5.94. The Kier molecular flexibility index (Phi) is 3.31. The maximum absolute atomic E-state index is 11.8. The van der Waals surface area contributed by atoms with Gasteiger partial charge in [-0.3, -0.25) is 0 Å². The van der Waals surface area contributed by atoms with Gasteiger partial charge in [-0.1, -0.05) is 12.1 Å². The molecule has 7 nitrogen and oxygen atoms in total. The molecule has 0 saturated heterocycles. The molecule has 1 unspecified atom stereocenters. The summed E-state index contributed by atoms with van der Waals surface area (Å²) in [5.74, 6) is 0. The highest BCUT2D eigenvalue weighted by Gasteiger charge is 2.35. The van der Waals surface area contributed by atoms with Crippen molar-refractivity contribution in [3.63, 3.8) is 0 Å². The number of carbonyl (C=O) groups is 2. The molecule has 0 radical (unpaired) electrons. The van der Waals surface area contributed by atoms with Crippen LogP contribution in [0.4, 0.5) is 15.3 Å². The van der Waals surface area contributed by atoms with Crippen LogP contribution in [-0.2, 0) is 0 Å². The van der Waals surface area contributed by atoms with E-state index in [1.807, 2.05) is 6.07 Å². The number of nitrogens with zero attached hydrogens (tertiary/aromatic N) is 2. The molecule has 1 aromatic rings. The molecule has 2 rings (SSSR count). The first-order valence-corrected chi connectivity index (χ1v) is 5.75. The molecule has 0 fully saturated rings. The molecule has 20 heavy (non-hydrogen) atoms. The van der Waals surface area contributed by atoms with Crippen LogP contribution in [0.2, 0.25) is 0 Å². The third-order valence-electron chi connectivity index (χ3n) is 3.04. The predicted octanol–water partition coefficient (Wildman–Crippen LogP) is 1.81. The third-order valence-corrected chi connectivity index (χ3v) is 3.04. The van der Waals surface area contributed by atoms with Crippen LogP contribution >= 0.6 is 0 Å². The molecule has 1 heterocycles. The molecule has 7 heteroatoms. The lowest BCUT2D eigenvalue weighted by Gasteiger charge is -2.31. The summed E-state index contributed by atoms with van der Waals surface area (Å²) in [6, 6.07) is 7.18. The number of carboxylic acid groups (broad SMARTS) is 1. The SMILES string of the molecule is CC1=C(C#N)C(c2cccc(N)c2)NC(=O)N1C(=O)O. The first-order chi connectivity index (χ1) is 9.45. The fourth-order valence-corrected chi connectivity index (χ4v) is 2.11. The average molecular weight is 272 g/mol. The van der Waals surface area contributed by atoms with E-state index in [9.17, 15) is 14.9 Å². The summed E-state index contributed by atoms with van der Waals surface area (Å²) in [6.07, 6.45) is -1.43. The van der Waals surface area contributed by atoms with Crippen molar-refractivity contribution < 1.29 is 14.7 Å². The number of allylic oxidation sites excluding steroid dienone is 1. The summed E-state index contributed by atoms with van der Waals surface area (Å²) in [7, 11) is 0. The van der Waals surface area contributed by atoms with E-state index in [2.05, 4.69) is 5.32 Å². The minimum atomic E-state index is -1.43. The van der Waals surface area contributed by atoms with Crippen molar-refractivity contribution in [2.24, 2.45) is 0 Å². The van der Waals surface area contributed by atoms with E-state index in [4.69, 9.17) is 10.8 Å². The molecule has 102 valence electrons. The van der Waals surface area contributed by atoms with E-state index in [-0.39, 0.29) is 11.3 Å². The van der Waals surface area contributed by atoms with Gasteiger partial charge in [-0.2, -0.15) is 5.26 Å². The molecule has 1 aromatic carbocycles. The molecule has 0 bridgehead atoms. The van der Waals surface area contributed by atoms with Crippen LogP contribution < -0.4 is 11.1 Å². The maximum Gasteiger partial charge on any atom is 0.419 e. The lowest BCUT2D eigenvalue weighted by Crippen LogP contribution is -2.48. The van der Waals surface area contributed by atoms with Crippen LogP contribution in [0.1, 0.15) is 18.5 Å².